The van der Waals surface area contributed by atoms with Crippen molar-refractivity contribution >= 4 is 23.4 Å². The van der Waals surface area contributed by atoms with Gasteiger partial charge in [-0.25, -0.2) is 0 Å². The Hall–Kier alpha value is -2.37. The van der Waals surface area contributed by atoms with E-state index < -0.39 is 11.0 Å². The van der Waals surface area contributed by atoms with Crippen molar-refractivity contribution in [1.82, 2.24) is 10.2 Å². The highest BCUT2D eigenvalue weighted by Gasteiger charge is 2.50. The van der Waals surface area contributed by atoms with Gasteiger partial charge in [-0.05, 0) is 49.1 Å². The predicted octanol–water partition coefficient (Wildman–Crippen LogP) is 4.77. The van der Waals surface area contributed by atoms with Crippen molar-refractivity contribution in [2.45, 2.75) is 57.6 Å². The molecule has 1 heterocycles. The third kappa shape index (κ3) is 4.80. The SMILES string of the molecule is CC1(C)CN(C(=O)[C@H]2CCCC[C@H]2NC(=O)c2ccccc2)CCC1(O)c1ccc(Cl)cc1. The summed E-state index contributed by atoms with van der Waals surface area (Å²) < 4.78 is 0. The Labute approximate surface area is 201 Å². The molecule has 2 N–H and O–H groups in total. The van der Waals surface area contributed by atoms with Crippen molar-refractivity contribution in [2.75, 3.05) is 13.1 Å². The van der Waals surface area contributed by atoms with Crippen LogP contribution in [0.1, 0.15) is 61.9 Å². The molecule has 1 aliphatic heterocycles. The zero-order chi connectivity index (χ0) is 23.6. The average molecular weight is 469 g/mol. The van der Waals surface area contributed by atoms with Crippen LogP contribution in [-0.2, 0) is 10.4 Å². The summed E-state index contributed by atoms with van der Waals surface area (Å²) in [5.41, 5.74) is -0.135. The number of nitrogens with one attached hydrogen (secondary N) is 1. The van der Waals surface area contributed by atoms with Crippen LogP contribution in [0.15, 0.2) is 54.6 Å². The van der Waals surface area contributed by atoms with E-state index in [1.54, 1.807) is 24.3 Å². The molecule has 0 bridgehead atoms. The Morgan fingerprint density at radius 3 is 2.36 bits per heavy atom. The molecule has 1 saturated heterocycles. The lowest BCUT2D eigenvalue weighted by molar-refractivity contribution is -0.158. The lowest BCUT2D eigenvalue weighted by Crippen LogP contribution is -2.59. The fraction of sp³-hybridized carbons (Fsp3) is 0.481. The molecule has 2 aromatic carbocycles. The number of amides is 2. The van der Waals surface area contributed by atoms with Crippen molar-refractivity contribution < 1.29 is 14.7 Å². The summed E-state index contributed by atoms with van der Waals surface area (Å²) in [5, 5.41) is 15.4. The minimum absolute atomic E-state index is 0.0827. The second-order valence-corrected chi connectivity index (χ2v) is 10.5. The number of halogens is 1. The van der Waals surface area contributed by atoms with E-state index in [0.29, 0.717) is 30.1 Å². The van der Waals surface area contributed by atoms with Crippen LogP contribution in [-0.4, -0.2) is 41.0 Å². The number of nitrogens with zero attached hydrogens (tertiary/aromatic N) is 1. The van der Waals surface area contributed by atoms with Crippen LogP contribution in [0.2, 0.25) is 5.02 Å². The van der Waals surface area contributed by atoms with Crippen LogP contribution in [0.4, 0.5) is 0 Å². The molecule has 2 fully saturated rings. The van der Waals surface area contributed by atoms with Gasteiger partial charge >= 0.3 is 0 Å². The molecule has 2 aromatic rings. The van der Waals surface area contributed by atoms with E-state index in [4.69, 9.17) is 11.6 Å². The van der Waals surface area contributed by atoms with Crippen LogP contribution in [0, 0.1) is 11.3 Å². The molecule has 6 heteroatoms. The first-order valence-corrected chi connectivity index (χ1v) is 12.2. The van der Waals surface area contributed by atoms with Crippen molar-refractivity contribution in [2.24, 2.45) is 11.3 Å². The Balaban J connectivity index is 1.48. The van der Waals surface area contributed by atoms with E-state index in [0.717, 1.165) is 31.2 Å². The van der Waals surface area contributed by atoms with Crippen molar-refractivity contribution in [3.63, 3.8) is 0 Å². The third-order valence-electron chi connectivity index (χ3n) is 7.52. The quantitative estimate of drug-likeness (QED) is 0.678. The first kappa shape index (κ1) is 23.8. The van der Waals surface area contributed by atoms with Gasteiger partial charge < -0.3 is 15.3 Å². The summed E-state index contributed by atoms with van der Waals surface area (Å²) in [6.07, 6.45) is 4.03. The second-order valence-electron chi connectivity index (χ2n) is 10.1. The van der Waals surface area contributed by atoms with E-state index in [9.17, 15) is 14.7 Å². The van der Waals surface area contributed by atoms with Gasteiger partial charge in [0.2, 0.25) is 5.91 Å². The number of likely N-dealkylation sites (tertiary alicyclic amines) is 1. The van der Waals surface area contributed by atoms with Crippen LogP contribution < -0.4 is 5.32 Å². The van der Waals surface area contributed by atoms with Crippen LogP contribution in [0.3, 0.4) is 0 Å². The van der Waals surface area contributed by atoms with E-state index in [1.165, 1.54) is 0 Å². The Kier molecular flexibility index (Phi) is 6.83. The maximum Gasteiger partial charge on any atom is 0.251 e. The molecule has 176 valence electrons. The van der Waals surface area contributed by atoms with E-state index in [2.05, 4.69) is 5.32 Å². The molecule has 5 nitrogen and oxygen atoms in total. The molecular weight excluding hydrogens is 436 g/mol. The largest absolute Gasteiger partial charge is 0.384 e. The highest BCUT2D eigenvalue weighted by atomic mass is 35.5. The summed E-state index contributed by atoms with van der Waals surface area (Å²) in [6, 6.07) is 16.3. The van der Waals surface area contributed by atoms with Gasteiger partial charge in [0.25, 0.3) is 5.91 Å². The first-order chi connectivity index (χ1) is 15.7. The molecule has 0 spiro atoms. The fourth-order valence-electron chi connectivity index (χ4n) is 5.45. The lowest BCUT2D eigenvalue weighted by Gasteiger charge is -2.51. The number of hydrogen-bond donors (Lipinski definition) is 2. The maximum atomic E-state index is 13.6. The van der Waals surface area contributed by atoms with E-state index in [1.807, 2.05) is 49.1 Å². The number of piperidine rings is 1. The van der Waals surface area contributed by atoms with Gasteiger partial charge in [0.1, 0.15) is 0 Å². The molecule has 0 radical (unpaired) electrons. The zero-order valence-corrected chi connectivity index (χ0v) is 20.1. The number of rotatable bonds is 4. The minimum atomic E-state index is -1.04. The average Bonchev–Trinajstić information content (AvgIpc) is 2.81. The molecule has 3 atom stereocenters. The number of carbonyl (C=O) groups is 2. The van der Waals surface area contributed by atoms with Crippen molar-refractivity contribution in [3.05, 3.63) is 70.7 Å². The second kappa shape index (κ2) is 9.47. The molecule has 1 unspecified atom stereocenters. The Morgan fingerprint density at radius 2 is 1.70 bits per heavy atom. The monoisotopic (exact) mass is 468 g/mol. The van der Waals surface area contributed by atoms with Gasteiger partial charge in [0.15, 0.2) is 0 Å². The highest BCUT2D eigenvalue weighted by Crippen LogP contribution is 2.46. The summed E-state index contributed by atoms with van der Waals surface area (Å²) in [7, 11) is 0. The van der Waals surface area contributed by atoms with Gasteiger partial charge in [-0.1, -0.05) is 68.6 Å². The van der Waals surface area contributed by atoms with Gasteiger partial charge in [0, 0.05) is 35.1 Å². The molecular formula is C27H33ClN2O3. The zero-order valence-electron chi connectivity index (χ0n) is 19.4. The molecule has 1 aliphatic carbocycles. The van der Waals surface area contributed by atoms with Crippen molar-refractivity contribution in [1.29, 1.82) is 0 Å². The molecule has 1 saturated carbocycles. The van der Waals surface area contributed by atoms with Gasteiger partial charge in [-0.15, -0.1) is 0 Å². The smallest absolute Gasteiger partial charge is 0.251 e. The molecule has 2 amide bonds. The van der Waals surface area contributed by atoms with Gasteiger partial charge in [-0.3, -0.25) is 9.59 Å². The predicted molar refractivity (Wildman–Crippen MR) is 130 cm³/mol. The number of carbonyl (C=O) groups excluding carboxylic acids is 2. The summed E-state index contributed by atoms with van der Waals surface area (Å²) in [6.45, 7) is 4.96. The Morgan fingerprint density at radius 1 is 1.03 bits per heavy atom. The Bertz CT molecular complexity index is 992. The highest BCUT2D eigenvalue weighted by molar-refractivity contribution is 6.30. The molecule has 33 heavy (non-hydrogen) atoms. The van der Waals surface area contributed by atoms with Crippen LogP contribution >= 0.6 is 11.6 Å². The maximum absolute atomic E-state index is 13.6. The molecule has 2 aliphatic rings. The van der Waals surface area contributed by atoms with Gasteiger partial charge in [-0.2, -0.15) is 0 Å². The summed E-state index contributed by atoms with van der Waals surface area (Å²) in [5.74, 6) is -0.278. The van der Waals surface area contributed by atoms with Crippen LogP contribution in [0.25, 0.3) is 0 Å². The number of aliphatic hydroxyl groups is 1. The first-order valence-electron chi connectivity index (χ1n) is 11.8. The normalized spacial score (nSPS) is 27.1. The summed E-state index contributed by atoms with van der Waals surface area (Å²) >= 11 is 6.04. The molecule has 4 rings (SSSR count). The van der Waals surface area contributed by atoms with E-state index in [-0.39, 0.29) is 23.8 Å². The standard InChI is InChI=1S/C27H33ClN2O3/c1-26(2)18-30(17-16-27(26,33)20-12-14-21(28)15-13-20)25(32)22-10-6-7-11-23(22)29-24(31)19-8-4-3-5-9-19/h3-5,8-9,12-15,22-23,33H,6-7,10-11,16-18H2,1-2H3,(H,29,31)/t22-,23+,27?/m0/s1. The van der Waals surface area contributed by atoms with Crippen molar-refractivity contribution in [3.8, 4) is 0 Å². The minimum Gasteiger partial charge on any atom is -0.384 e. The topological polar surface area (TPSA) is 69.6 Å². The van der Waals surface area contributed by atoms with Gasteiger partial charge in [0.05, 0.1) is 11.5 Å². The van der Waals surface area contributed by atoms with Crippen LogP contribution in [0.5, 0.6) is 0 Å². The lowest BCUT2D eigenvalue weighted by atomic mass is 9.66. The number of benzene rings is 2. The van der Waals surface area contributed by atoms with E-state index >= 15 is 0 Å². The number of hydrogen-bond acceptors (Lipinski definition) is 3. The molecule has 0 aromatic heterocycles. The fourth-order valence-corrected chi connectivity index (χ4v) is 5.57. The third-order valence-corrected chi connectivity index (χ3v) is 7.77. The summed E-state index contributed by atoms with van der Waals surface area (Å²) in [4.78, 5) is 28.3.